The standard InChI is InChI=1S/C17H20ClN5O3/c1-4-20-17(24)23-7-10-12(8-23)21-16(19)22-15(10)14-11(18)5-9(25-2)6-13(14)26-3/h5-6H,4,7-8H2,1-3H3,(H,20,24)(H2,19,21,22). The van der Waals surface area contributed by atoms with E-state index in [1.54, 1.807) is 31.3 Å². The number of hydrogen-bond donors (Lipinski definition) is 2. The molecule has 0 spiro atoms. The monoisotopic (exact) mass is 377 g/mol. The van der Waals surface area contributed by atoms with Crippen LogP contribution < -0.4 is 20.5 Å². The number of carbonyl (C=O) groups is 1. The Morgan fingerprint density at radius 3 is 2.73 bits per heavy atom. The number of nitrogens with one attached hydrogen (secondary N) is 1. The Hall–Kier alpha value is -2.74. The number of methoxy groups -OCH3 is 2. The molecular formula is C17H20ClN5O3. The number of benzene rings is 1. The third-order valence-electron chi connectivity index (χ3n) is 4.13. The number of nitrogen functional groups attached to an aromatic ring is 1. The molecule has 2 heterocycles. The van der Waals surface area contributed by atoms with Crippen LogP contribution in [0.5, 0.6) is 11.5 Å². The van der Waals surface area contributed by atoms with Gasteiger partial charge in [-0.05, 0) is 13.0 Å². The van der Waals surface area contributed by atoms with Gasteiger partial charge in [-0.2, -0.15) is 0 Å². The average molecular weight is 378 g/mol. The number of anilines is 1. The van der Waals surface area contributed by atoms with E-state index >= 15 is 0 Å². The maximum absolute atomic E-state index is 12.2. The van der Waals surface area contributed by atoms with Crippen molar-refractivity contribution in [2.45, 2.75) is 20.0 Å². The summed E-state index contributed by atoms with van der Waals surface area (Å²) in [7, 11) is 3.09. The molecule has 0 bridgehead atoms. The first-order chi connectivity index (χ1) is 12.5. The highest BCUT2D eigenvalue weighted by Gasteiger charge is 2.30. The second kappa shape index (κ2) is 7.25. The lowest BCUT2D eigenvalue weighted by atomic mass is 10.0. The summed E-state index contributed by atoms with van der Waals surface area (Å²) in [4.78, 5) is 22.5. The van der Waals surface area contributed by atoms with Gasteiger partial charge in [0.15, 0.2) is 0 Å². The number of urea groups is 1. The molecule has 0 saturated carbocycles. The van der Waals surface area contributed by atoms with Crippen LogP contribution in [0.2, 0.25) is 5.02 Å². The van der Waals surface area contributed by atoms with Crippen LogP contribution in [0.1, 0.15) is 18.2 Å². The molecule has 1 aliphatic heterocycles. The predicted octanol–water partition coefficient (Wildman–Crippen LogP) is 2.44. The van der Waals surface area contributed by atoms with E-state index in [0.29, 0.717) is 53.1 Å². The SMILES string of the molecule is CCNC(=O)N1Cc2nc(N)nc(-c3c(Cl)cc(OC)cc3OC)c2C1. The van der Waals surface area contributed by atoms with E-state index in [4.69, 9.17) is 26.8 Å². The zero-order valence-corrected chi connectivity index (χ0v) is 15.6. The summed E-state index contributed by atoms with van der Waals surface area (Å²) in [6.45, 7) is 3.14. The number of amides is 2. The lowest BCUT2D eigenvalue weighted by molar-refractivity contribution is 0.199. The van der Waals surface area contributed by atoms with Crippen LogP contribution in [0.15, 0.2) is 12.1 Å². The number of ether oxygens (including phenoxy) is 2. The van der Waals surface area contributed by atoms with Crippen molar-refractivity contribution in [2.24, 2.45) is 0 Å². The molecule has 0 atom stereocenters. The Morgan fingerprint density at radius 1 is 1.31 bits per heavy atom. The van der Waals surface area contributed by atoms with E-state index in [9.17, 15) is 4.79 Å². The summed E-state index contributed by atoms with van der Waals surface area (Å²) in [6, 6.07) is 3.24. The third kappa shape index (κ3) is 3.20. The zero-order chi connectivity index (χ0) is 18.8. The van der Waals surface area contributed by atoms with Crippen molar-refractivity contribution in [3.8, 4) is 22.8 Å². The molecule has 0 radical (unpaired) electrons. The van der Waals surface area contributed by atoms with Crippen molar-refractivity contribution in [2.75, 3.05) is 26.5 Å². The van der Waals surface area contributed by atoms with Gasteiger partial charge in [-0.3, -0.25) is 0 Å². The van der Waals surface area contributed by atoms with Crippen molar-refractivity contribution < 1.29 is 14.3 Å². The largest absolute Gasteiger partial charge is 0.497 e. The molecule has 1 aromatic carbocycles. The molecule has 9 heteroatoms. The molecule has 2 aromatic rings. The highest BCUT2D eigenvalue weighted by molar-refractivity contribution is 6.33. The molecule has 138 valence electrons. The summed E-state index contributed by atoms with van der Waals surface area (Å²) in [5, 5.41) is 3.20. The van der Waals surface area contributed by atoms with Crippen LogP contribution in [-0.2, 0) is 13.1 Å². The number of carbonyl (C=O) groups excluding carboxylic acids is 1. The quantitative estimate of drug-likeness (QED) is 0.848. The van der Waals surface area contributed by atoms with Crippen molar-refractivity contribution in [1.82, 2.24) is 20.2 Å². The van der Waals surface area contributed by atoms with Gasteiger partial charge in [0.2, 0.25) is 5.95 Å². The molecule has 1 aromatic heterocycles. The van der Waals surface area contributed by atoms with E-state index in [0.717, 1.165) is 5.56 Å². The van der Waals surface area contributed by atoms with Crippen molar-refractivity contribution in [1.29, 1.82) is 0 Å². The summed E-state index contributed by atoms with van der Waals surface area (Å²) in [5.74, 6) is 1.19. The number of rotatable bonds is 4. The van der Waals surface area contributed by atoms with Crippen LogP contribution >= 0.6 is 11.6 Å². The number of nitrogens with zero attached hydrogens (tertiary/aromatic N) is 3. The molecule has 0 unspecified atom stereocenters. The highest BCUT2D eigenvalue weighted by atomic mass is 35.5. The highest BCUT2D eigenvalue weighted by Crippen LogP contribution is 2.42. The summed E-state index contributed by atoms with van der Waals surface area (Å²) < 4.78 is 10.7. The van der Waals surface area contributed by atoms with Crippen LogP contribution in [0, 0.1) is 0 Å². The van der Waals surface area contributed by atoms with Gasteiger partial charge >= 0.3 is 6.03 Å². The molecule has 26 heavy (non-hydrogen) atoms. The topological polar surface area (TPSA) is 103 Å². The molecule has 2 amide bonds. The first kappa shape index (κ1) is 18.1. The Bertz CT molecular complexity index is 859. The second-order valence-electron chi connectivity index (χ2n) is 5.73. The molecule has 0 saturated heterocycles. The third-order valence-corrected chi connectivity index (χ3v) is 4.43. The molecular weight excluding hydrogens is 358 g/mol. The fraction of sp³-hybridized carbons (Fsp3) is 0.353. The van der Waals surface area contributed by atoms with E-state index in [2.05, 4.69) is 15.3 Å². The van der Waals surface area contributed by atoms with Crippen LogP contribution in [0.4, 0.5) is 10.7 Å². The van der Waals surface area contributed by atoms with Gasteiger partial charge in [0, 0.05) is 18.2 Å². The smallest absolute Gasteiger partial charge is 0.318 e. The van der Waals surface area contributed by atoms with Gasteiger partial charge < -0.3 is 25.4 Å². The average Bonchev–Trinajstić information content (AvgIpc) is 3.04. The van der Waals surface area contributed by atoms with E-state index < -0.39 is 0 Å². The van der Waals surface area contributed by atoms with Crippen molar-refractivity contribution in [3.63, 3.8) is 0 Å². The fourth-order valence-corrected chi connectivity index (χ4v) is 3.24. The lowest BCUT2D eigenvalue weighted by Gasteiger charge is -2.16. The van der Waals surface area contributed by atoms with E-state index in [1.807, 2.05) is 6.92 Å². The summed E-state index contributed by atoms with van der Waals surface area (Å²) >= 11 is 6.48. The summed E-state index contributed by atoms with van der Waals surface area (Å²) in [6.07, 6.45) is 0. The van der Waals surface area contributed by atoms with Crippen LogP contribution in [-0.4, -0.2) is 41.7 Å². The zero-order valence-electron chi connectivity index (χ0n) is 14.8. The second-order valence-corrected chi connectivity index (χ2v) is 6.14. The maximum Gasteiger partial charge on any atom is 0.318 e. The number of nitrogens with two attached hydrogens (primary N) is 1. The normalized spacial score (nSPS) is 12.7. The lowest BCUT2D eigenvalue weighted by Crippen LogP contribution is -2.36. The Morgan fingerprint density at radius 2 is 2.08 bits per heavy atom. The van der Waals surface area contributed by atoms with E-state index in [-0.39, 0.29) is 12.0 Å². The fourth-order valence-electron chi connectivity index (χ4n) is 2.95. The van der Waals surface area contributed by atoms with Gasteiger partial charge in [-0.25, -0.2) is 14.8 Å². The Kier molecular flexibility index (Phi) is 5.03. The number of aromatic nitrogens is 2. The van der Waals surface area contributed by atoms with Gasteiger partial charge in [0.25, 0.3) is 0 Å². The summed E-state index contributed by atoms with van der Waals surface area (Å²) in [5.41, 5.74) is 8.55. The van der Waals surface area contributed by atoms with Gasteiger partial charge in [0.05, 0.1) is 49.3 Å². The Balaban J connectivity index is 2.11. The van der Waals surface area contributed by atoms with Gasteiger partial charge in [-0.15, -0.1) is 0 Å². The van der Waals surface area contributed by atoms with Gasteiger partial charge in [0.1, 0.15) is 11.5 Å². The number of fused-ring (bicyclic) bond motifs is 1. The first-order valence-electron chi connectivity index (χ1n) is 8.08. The van der Waals surface area contributed by atoms with Crippen LogP contribution in [0.25, 0.3) is 11.3 Å². The van der Waals surface area contributed by atoms with Crippen molar-refractivity contribution in [3.05, 3.63) is 28.4 Å². The molecule has 3 rings (SSSR count). The minimum absolute atomic E-state index is 0.116. The maximum atomic E-state index is 12.2. The first-order valence-corrected chi connectivity index (χ1v) is 8.46. The van der Waals surface area contributed by atoms with Crippen molar-refractivity contribution >= 4 is 23.6 Å². The van der Waals surface area contributed by atoms with Crippen LogP contribution in [0.3, 0.4) is 0 Å². The molecule has 3 N–H and O–H groups in total. The predicted molar refractivity (Wildman–Crippen MR) is 98.3 cm³/mol. The minimum Gasteiger partial charge on any atom is -0.497 e. The molecule has 0 aliphatic carbocycles. The molecule has 8 nitrogen and oxygen atoms in total. The molecule has 1 aliphatic rings. The van der Waals surface area contributed by atoms with E-state index in [1.165, 1.54) is 0 Å². The minimum atomic E-state index is -0.164. The molecule has 0 fully saturated rings. The Labute approximate surface area is 156 Å². The van der Waals surface area contributed by atoms with Gasteiger partial charge in [-0.1, -0.05) is 11.6 Å². The number of halogens is 1. The number of hydrogen-bond acceptors (Lipinski definition) is 6.